The molecule has 0 fully saturated rings. The van der Waals surface area contributed by atoms with Crippen LogP contribution in [0.5, 0.6) is 0 Å². The lowest BCUT2D eigenvalue weighted by Gasteiger charge is -2.30. The van der Waals surface area contributed by atoms with Crippen LogP contribution in [-0.4, -0.2) is 9.55 Å². The molecule has 0 radical (unpaired) electrons. The SMILES string of the molecule is CC1(C)c2cc(-c3cccc4c3-c3cc5ccccc5cc3C43c4ccccc4-c4ccccc43)ccc2-c2ccc(-n3c4ccccc4c4cc(-c5ccccc5)ccc43)cc21.CC1(C)c2cc(Br)ccc2-c2ccc(-c3cccc4c3-c3cc5ccccc5cc3C43c4ccccc4-c4ccccc43)cc21.c1ccc(-c2ccc3[nH]c4ccccc4c3c2)cc1. The summed E-state index contributed by atoms with van der Waals surface area (Å²) in [6.07, 6.45) is 0. The van der Waals surface area contributed by atoms with E-state index in [9.17, 15) is 0 Å². The Kier molecular flexibility index (Phi) is 15.9. The summed E-state index contributed by atoms with van der Waals surface area (Å²) in [7, 11) is 0. The van der Waals surface area contributed by atoms with Crippen molar-refractivity contribution in [3.8, 4) is 117 Å². The third-order valence-corrected chi connectivity index (χ3v) is 30.0. The molecule has 0 atom stereocenters. The number of fused-ring (bicyclic) bond motifs is 34. The minimum Gasteiger partial charge on any atom is -0.355 e. The van der Waals surface area contributed by atoms with Gasteiger partial charge >= 0.3 is 0 Å². The van der Waals surface area contributed by atoms with Gasteiger partial charge in [0.25, 0.3) is 0 Å². The number of benzene rings is 20. The molecule has 1 N–H and O–H groups in total. The van der Waals surface area contributed by atoms with E-state index in [-0.39, 0.29) is 16.2 Å². The van der Waals surface area contributed by atoms with Gasteiger partial charge in [0, 0.05) is 53.6 Å². The Bertz CT molecular complexity index is 8380. The zero-order chi connectivity index (χ0) is 84.3. The maximum atomic E-state index is 3.73. The Balaban J connectivity index is 0.000000115. The minimum absolute atomic E-state index is 0.0823. The van der Waals surface area contributed by atoms with Crippen LogP contribution < -0.4 is 0 Å². The van der Waals surface area contributed by atoms with Crippen molar-refractivity contribution in [2.75, 3.05) is 0 Å². The van der Waals surface area contributed by atoms with Crippen molar-refractivity contribution in [1.82, 2.24) is 9.55 Å². The second kappa shape index (κ2) is 27.5. The fourth-order valence-corrected chi connectivity index (χ4v) is 24.2. The van der Waals surface area contributed by atoms with Crippen molar-refractivity contribution in [1.29, 1.82) is 0 Å². The normalized spacial score (nSPS) is 14.3. The molecule has 20 aromatic carbocycles. The average Bonchev–Trinajstić information content (AvgIpc) is 1.50. The quantitative estimate of drug-likeness (QED) is 0.177. The monoisotopic (exact) mass is 1680 g/mol. The van der Waals surface area contributed by atoms with Crippen LogP contribution in [0.3, 0.4) is 0 Å². The predicted molar refractivity (Wildman–Crippen MR) is 535 cm³/mol. The van der Waals surface area contributed by atoms with Crippen LogP contribution in [0.2, 0.25) is 0 Å². The first-order chi connectivity index (χ1) is 62.4. The van der Waals surface area contributed by atoms with E-state index < -0.39 is 5.41 Å². The van der Waals surface area contributed by atoms with Crippen molar-refractivity contribution < 1.29 is 0 Å². The van der Waals surface area contributed by atoms with Crippen LogP contribution in [0.4, 0.5) is 0 Å². The molecule has 0 unspecified atom stereocenters. The van der Waals surface area contributed by atoms with Crippen molar-refractivity contribution in [2.24, 2.45) is 0 Å². The van der Waals surface area contributed by atoms with Crippen LogP contribution in [0.15, 0.2) is 429 Å². The highest BCUT2D eigenvalue weighted by atomic mass is 79.9. The number of aromatic nitrogens is 2. The highest BCUT2D eigenvalue weighted by Gasteiger charge is 2.55. The molecule has 2 aromatic heterocycles. The molecule has 2 spiro atoms. The molecule has 6 aliphatic carbocycles. The van der Waals surface area contributed by atoms with Gasteiger partial charge in [0.15, 0.2) is 0 Å². The number of para-hydroxylation sites is 2. The van der Waals surface area contributed by atoms with E-state index in [1.165, 1.54) is 249 Å². The number of halogens is 1. The fourth-order valence-electron chi connectivity index (χ4n) is 23.9. The first kappa shape index (κ1) is 73.5. The van der Waals surface area contributed by atoms with Gasteiger partial charge in [-0.2, -0.15) is 0 Å². The first-order valence-electron chi connectivity index (χ1n) is 44.5. The molecule has 22 aromatic rings. The Morgan fingerprint density at radius 1 is 0.205 bits per heavy atom. The lowest BCUT2D eigenvalue weighted by molar-refractivity contribution is 0.660. The Morgan fingerprint density at radius 2 is 0.567 bits per heavy atom. The van der Waals surface area contributed by atoms with Gasteiger partial charge in [-0.3, -0.25) is 0 Å². The third kappa shape index (κ3) is 10.5. The van der Waals surface area contributed by atoms with Gasteiger partial charge in [-0.1, -0.05) is 371 Å². The van der Waals surface area contributed by atoms with Gasteiger partial charge in [0.2, 0.25) is 0 Å². The summed E-state index contributed by atoms with van der Waals surface area (Å²) in [4.78, 5) is 3.46. The van der Waals surface area contributed by atoms with Gasteiger partial charge in [0.1, 0.15) is 0 Å². The second-order valence-electron chi connectivity index (χ2n) is 36.6. The Labute approximate surface area is 747 Å². The lowest BCUT2D eigenvalue weighted by atomic mass is 9.70. The number of H-pyrrole nitrogens is 1. The molecule has 2 heterocycles. The van der Waals surface area contributed by atoms with Gasteiger partial charge in [-0.25, -0.2) is 0 Å². The van der Waals surface area contributed by atoms with E-state index in [1.807, 2.05) is 6.07 Å². The van der Waals surface area contributed by atoms with Crippen LogP contribution in [-0.2, 0) is 21.7 Å². The zero-order valence-electron chi connectivity index (χ0n) is 70.7. The molecule has 0 saturated heterocycles. The third-order valence-electron chi connectivity index (χ3n) is 29.5. The standard InChI is InChI=1S/C62H41N.C44H29Br.C18H13N/c1-61(2)55-36-42(27-30-47(55)48-31-29-43(37-56(48)61)63-58-26-13-10-21-49(58)50-33-41(28-32-59(50)63)38-15-4-3-5-16-38)44-22-14-25-54-60(44)51-34-39-17-6-7-18-40(39)35-57(51)62(54)52-23-11-8-19-45(52)46-20-9-12-24-53(46)62;1-43(2)39-24-28(18-20-33(39)34-21-19-29(45)25-40(34)43)30-14-9-17-38-42(30)35-22-26-10-3-4-11-27(26)23-41(35)44(38)36-15-7-5-12-31(36)32-13-6-8-16-37(32)44;1-2-6-13(7-3-1)14-10-11-18-16(12-14)15-8-4-5-9-17(15)19-18/h3-37H,1-2H3;3-25H,1-2H3;1-12,19H. The Morgan fingerprint density at radius 3 is 1.09 bits per heavy atom. The highest BCUT2D eigenvalue weighted by molar-refractivity contribution is 9.10. The topological polar surface area (TPSA) is 20.7 Å². The number of aromatic amines is 1. The molecule has 3 heteroatoms. The summed E-state index contributed by atoms with van der Waals surface area (Å²) < 4.78 is 3.60. The molecule has 28 rings (SSSR count). The summed E-state index contributed by atoms with van der Waals surface area (Å²) in [6.45, 7) is 9.57. The number of rotatable bonds is 5. The molecule has 0 aliphatic heterocycles. The summed E-state index contributed by atoms with van der Waals surface area (Å²) in [5, 5.41) is 10.2. The highest BCUT2D eigenvalue weighted by Crippen LogP contribution is 2.68. The number of hydrogen-bond donors (Lipinski definition) is 1. The van der Waals surface area contributed by atoms with Gasteiger partial charge in [0.05, 0.1) is 21.9 Å². The number of hydrogen-bond acceptors (Lipinski definition) is 0. The van der Waals surface area contributed by atoms with Crippen LogP contribution >= 0.6 is 15.9 Å². The fraction of sp³-hybridized carbons (Fsp3) is 0.0645. The average molecular weight is 1680 g/mol. The minimum atomic E-state index is -0.406. The van der Waals surface area contributed by atoms with E-state index in [0.29, 0.717) is 0 Å². The molecule has 127 heavy (non-hydrogen) atoms. The van der Waals surface area contributed by atoms with Crippen LogP contribution in [0.25, 0.3) is 182 Å². The van der Waals surface area contributed by atoms with Gasteiger partial charge in [-0.05, 0) is 297 Å². The van der Waals surface area contributed by atoms with E-state index in [1.54, 1.807) is 0 Å². The molecular formula is C124H83BrN2. The molecule has 0 amide bonds. The van der Waals surface area contributed by atoms with Crippen molar-refractivity contribution in [2.45, 2.75) is 49.4 Å². The van der Waals surface area contributed by atoms with E-state index in [4.69, 9.17) is 0 Å². The van der Waals surface area contributed by atoms with E-state index in [0.717, 1.165) is 4.47 Å². The summed E-state index contributed by atoms with van der Waals surface area (Å²) in [5.74, 6) is 0. The number of nitrogens with one attached hydrogen (secondary N) is 1. The molecule has 0 bridgehead atoms. The lowest BCUT2D eigenvalue weighted by Crippen LogP contribution is -2.25. The van der Waals surface area contributed by atoms with Crippen molar-refractivity contribution >= 4 is 81.1 Å². The van der Waals surface area contributed by atoms with Gasteiger partial charge in [-0.15, -0.1) is 0 Å². The molecule has 2 nitrogen and oxygen atoms in total. The second-order valence-corrected chi connectivity index (χ2v) is 37.5. The largest absolute Gasteiger partial charge is 0.355 e. The van der Waals surface area contributed by atoms with Crippen molar-refractivity contribution in [3.05, 3.63) is 496 Å². The van der Waals surface area contributed by atoms with E-state index >= 15 is 0 Å². The molecule has 0 saturated carbocycles. The molecule has 596 valence electrons. The van der Waals surface area contributed by atoms with Crippen LogP contribution in [0, 0.1) is 0 Å². The van der Waals surface area contributed by atoms with E-state index in [2.05, 4.69) is 472 Å². The molecule has 6 aliphatic rings. The zero-order valence-corrected chi connectivity index (χ0v) is 72.3. The van der Waals surface area contributed by atoms with Crippen LogP contribution in [0.1, 0.15) is 94.5 Å². The maximum absolute atomic E-state index is 3.73. The number of nitrogens with zero attached hydrogens (tertiary/aromatic N) is 1. The summed E-state index contributed by atoms with van der Waals surface area (Å²) in [5.41, 5.74) is 47.8. The summed E-state index contributed by atoms with van der Waals surface area (Å²) in [6, 6.07) is 159. The smallest absolute Gasteiger partial charge is 0.0725 e. The predicted octanol–water partition coefficient (Wildman–Crippen LogP) is 32.8. The first-order valence-corrected chi connectivity index (χ1v) is 45.3. The molecular weight excluding hydrogens is 1600 g/mol. The van der Waals surface area contributed by atoms with Gasteiger partial charge < -0.3 is 9.55 Å². The Hall–Kier alpha value is -15.0. The summed E-state index contributed by atoms with van der Waals surface area (Å²) >= 11 is 3.73. The maximum Gasteiger partial charge on any atom is 0.0725 e. The van der Waals surface area contributed by atoms with Crippen molar-refractivity contribution in [3.63, 3.8) is 0 Å².